The van der Waals surface area contributed by atoms with Gasteiger partial charge in [0, 0.05) is 30.0 Å². The van der Waals surface area contributed by atoms with E-state index in [2.05, 4.69) is 31.7 Å². The maximum atomic E-state index is 12.8. The molecule has 7 nitrogen and oxygen atoms in total. The summed E-state index contributed by atoms with van der Waals surface area (Å²) in [5, 5.41) is 15.6. The lowest BCUT2D eigenvalue weighted by molar-refractivity contribution is 0.102. The molecule has 0 fully saturated rings. The molecule has 0 radical (unpaired) electrons. The maximum absolute atomic E-state index is 12.8. The van der Waals surface area contributed by atoms with Crippen LogP contribution >= 0.6 is 0 Å². The molecule has 0 aliphatic carbocycles. The number of hydrogen-bond donors (Lipinski definition) is 2. The van der Waals surface area contributed by atoms with Crippen LogP contribution in [0.1, 0.15) is 27.5 Å². The Bertz CT molecular complexity index is 1240. The lowest BCUT2D eigenvalue weighted by Gasteiger charge is -2.12. The van der Waals surface area contributed by atoms with Gasteiger partial charge in [-0.25, -0.2) is 9.97 Å². The minimum Gasteiger partial charge on any atom is -0.324 e. The van der Waals surface area contributed by atoms with Crippen molar-refractivity contribution in [2.45, 2.75) is 12.3 Å². The number of nitrogens with one attached hydrogen (secondary N) is 2. The van der Waals surface area contributed by atoms with Crippen molar-refractivity contribution in [2.75, 3.05) is 10.6 Å². The van der Waals surface area contributed by atoms with Gasteiger partial charge in [-0.15, -0.1) is 0 Å². The smallest absolute Gasteiger partial charge is 0.274 e. The number of hydrogen-bond acceptors (Lipinski definition) is 6. The van der Waals surface area contributed by atoms with Gasteiger partial charge in [-0.1, -0.05) is 42.5 Å². The van der Waals surface area contributed by atoms with Crippen LogP contribution in [-0.2, 0) is 6.42 Å². The summed E-state index contributed by atoms with van der Waals surface area (Å²) in [5.41, 5.74) is 3.53. The first-order valence-corrected chi connectivity index (χ1v) is 10.1. The summed E-state index contributed by atoms with van der Waals surface area (Å²) < 4.78 is 0. The zero-order chi connectivity index (χ0) is 22.2. The molecule has 0 spiro atoms. The molecule has 1 atom stereocenters. The van der Waals surface area contributed by atoms with Gasteiger partial charge in [0.25, 0.3) is 5.91 Å². The summed E-state index contributed by atoms with van der Waals surface area (Å²) in [6.45, 7) is 0. The van der Waals surface area contributed by atoms with Crippen molar-refractivity contribution in [3.63, 3.8) is 0 Å². The fraction of sp³-hybridized carbons (Fsp3) is 0.0800. The van der Waals surface area contributed by atoms with Crippen LogP contribution in [0.15, 0.2) is 91.4 Å². The van der Waals surface area contributed by atoms with Crippen LogP contribution in [0.4, 0.5) is 17.3 Å². The number of anilines is 3. The average Bonchev–Trinajstić information content (AvgIpc) is 2.84. The van der Waals surface area contributed by atoms with Crippen molar-refractivity contribution in [1.82, 2.24) is 15.0 Å². The van der Waals surface area contributed by atoms with E-state index in [-0.39, 0.29) is 17.5 Å². The summed E-state index contributed by atoms with van der Waals surface area (Å²) in [6, 6.07) is 24.7. The highest BCUT2D eigenvalue weighted by molar-refractivity contribution is 6.03. The normalized spacial score (nSPS) is 11.2. The van der Waals surface area contributed by atoms with Gasteiger partial charge in [0.2, 0.25) is 5.95 Å². The van der Waals surface area contributed by atoms with Crippen molar-refractivity contribution in [2.24, 2.45) is 0 Å². The first-order chi connectivity index (χ1) is 15.7. The van der Waals surface area contributed by atoms with Crippen LogP contribution in [0.5, 0.6) is 0 Å². The molecule has 4 aromatic rings. The highest BCUT2D eigenvalue weighted by Gasteiger charge is 2.14. The predicted molar refractivity (Wildman–Crippen MR) is 122 cm³/mol. The average molecular weight is 420 g/mol. The highest BCUT2D eigenvalue weighted by Crippen LogP contribution is 2.23. The second-order valence-corrected chi connectivity index (χ2v) is 7.08. The van der Waals surface area contributed by atoms with Crippen molar-refractivity contribution in [3.8, 4) is 6.07 Å². The molecule has 2 heterocycles. The van der Waals surface area contributed by atoms with Crippen molar-refractivity contribution < 1.29 is 4.79 Å². The van der Waals surface area contributed by atoms with E-state index in [9.17, 15) is 10.1 Å². The Morgan fingerprint density at radius 2 is 1.75 bits per heavy atom. The Morgan fingerprint density at radius 1 is 0.938 bits per heavy atom. The summed E-state index contributed by atoms with van der Waals surface area (Å²) >= 11 is 0. The van der Waals surface area contributed by atoms with Crippen molar-refractivity contribution in [3.05, 3.63) is 108 Å². The van der Waals surface area contributed by atoms with Crippen LogP contribution in [0.2, 0.25) is 0 Å². The van der Waals surface area contributed by atoms with Gasteiger partial charge < -0.3 is 10.6 Å². The number of rotatable bonds is 7. The molecule has 32 heavy (non-hydrogen) atoms. The third-order valence-corrected chi connectivity index (χ3v) is 4.81. The molecule has 0 bridgehead atoms. The molecule has 0 saturated carbocycles. The first kappa shape index (κ1) is 20.7. The number of amides is 1. The summed E-state index contributed by atoms with van der Waals surface area (Å²) in [6.07, 6.45) is 5.43. The molecule has 4 rings (SSSR count). The number of carbonyl (C=O) groups is 1. The van der Waals surface area contributed by atoms with Crippen LogP contribution in [0.25, 0.3) is 0 Å². The zero-order valence-corrected chi connectivity index (χ0v) is 17.1. The molecule has 2 aromatic heterocycles. The van der Waals surface area contributed by atoms with E-state index >= 15 is 0 Å². The van der Waals surface area contributed by atoms with Crippen LogP contribution in [-0.4, -0.2) is 20.9 Å². The molecule has 7 heteroatoms. The van der Waals surface area contributed by atoms with Crippen LogP contribution in [0.3, 0.4) is 0 Å². The van der Waals surface area contributed by atoms with E-state index < -0.39 is 0 Å². The van der Waals surface area contributed by atoms with Crippen LogP contribution in [0, 0.1) is 11.3 Å². The standard InChI is InChI=1S/C25H20N6O/c26-17-20(15-18-5-2-1-3-6-18)19-7-4-8-22(16-19)29-24(32)23-11-14-28-25(31-23)30-21-9-12-27-13-10-21/h1-14,16,20H,15H2,(H,29,32)(H,27,28,30,31). The first-order valence-electron chi connectivity index (χ1n) is 10.1. The van der Waals surface area contributed by atoms with Gasteiger partial charge in [-0.2, -0.15) is 5.26 Å². The minimum absolute atomic E-state index is 0.225. The zero-order valence-electron chi connectivity index (χ0n) is 17.1. The fourth-order valence-corrected chi connectivity index (χ4v) is 3.23. The second kappa shape index (κ2) is 9.96. The Balaban J connectivity index is 1.47. The lowest BCUT2D eigenvalue weighted by atomic mass is 9.93. The molecule has 156 valence electrons. The third-order valence-electron chi connectivity index (χ3n) is 4.81. The van der Waals surface area contributed by atoms with Gasteiger partial charge in [-0.05, 0) is 47.9 Å². The number of pyridine rings is 1. The lowest BCUT2D eigenvalue weighted by Crippen LogP contribution is -2.15. The Kier molecular flexibility index (Phi) is 6.44. The van der Waals surface area contributed by atoms with Gasteiger partial charge in [-0.3, -0.25) is 9.78 Å². The topological polar surface area (TPSA) is 104 Å². The number of nitrogens with zero attached hydrogens (tertiary/aromatic N) is 4. The largest absolute Gasteiger partial charge is 0.324 e. The molecule has 1 unspecified atom stereocenters. The minimum atomic E-state index is -0.362. The van der Waals surface area contributed by atoms with Crippen LogP contribution < -0.4 is 10.6 Å². The van der Waals surface area contributed by atoms with E-state index in [1.807, 2.05) is 48.5 Å². The van der Waals surface area contributed by atoms with Gasteiger partial charge in [0.1, 0.15) is 5.69 Å². The highest BCUT2D eigenvalue weighted by atomic mass is 16.1. The van der Waals surface area contributed by atoms with Gasteiger partial charge in [0.15, 0.2) is 0 Å². The van der Waals surface area contributed by atoms with E-state index in [4.69, 9.17) is 0 Å². The van der Waals surface area contributed by atoms with E-state index in [1.54, 1.807) is 36.7 Å². The molecule has 2 aromatic carbocycles. The molecule has 1 amide bonds. The monoisotopic (exact) mass is 420 g/mol. The molecular weight excluding hydrogens is 400 g/mol. The fourth-order valence-electron chi connectivity index (χ4n) is 3.23. The molecule has 0 aliphatic heterocycles. The number of nitriles is 1. The molecule has 2 N–H and O–H groups in total. The Morgan fingerprint density at radius 3 is 2.53 bits per heavy atom. The molecular formula is C25H20N6O. The quantitative estimate of drug-likeness (QED) is 0.448. The summed E-state index contributed by atoms with van der Waals surface area (Å²) in [5.74, 6) is -0.367. The predicted octanol–water partition coefficient (Wildman–Crippen LogP) is 4.72. The van der Waals surface area contributed by atoms with Gasteiger partial charge >= 0.3 is 0 Å². The third kappa shape index (κ3) is 5.32. The van der Waals surface area contributed by atoms with Gasteiger partial charge in [0.05, 0.1) is 12.0 Å². The SMILES string of the molecule is N#CC(Cc1ccccc1)c1cccc(NC(=O)c2ccnc(Nc3ccncc3)n2)c1. The second-order valence-electron chi connectivity index (χ2n) is 7.08. The summed E-state index contributed by atoms with van der Waals surface area (Å²) in [4.78, 5) is 25.2. The van der Waals surface area contributed by atoms with Crippen molar-refractivity contribution >= 4 is 23.2 Å². The molecule has 0 aliphatic rings. The molecule has 0 saturated heterocycles. The van der Waals surface area contributed by atoms with E-state index in [0.29, 0.717) is 18.1 Å². The Hall–Kier alpha value is -4.57. The number of carbonyl (C=O) groups excluding carboxylic acids is 1. The number of benzene rings is 2. The maximum Gasteiger partial charge on any atom is 0.274 e. The Labute approximate surface area is 185 Å². The van der Waals surface area contributed by atoms with Crippen molar-refractivity contribution in [1.29, 1.82) is 5.26 Å². The number of aromatic nitrogens is 3. The van der Waals surface area contributed by atoms with E-state index in [0.717, 1.165) is 16.8 Å². The summed E-state index contributed by atoms with van der Waals surface area (Å²) in [7, 11) is 0. The van der Waals surface area contributed by atoms with E-state index in [1.165, 1.54) is 6.20 Å².